The maximum atomic E-state index is 5.56. The van der Waals surface area contributed by atoms with Gasteiger partial charge in [0.2, 0.25) is 4.80 Å². The number of hydrogen-bond acceptors (Lipinski definition) is 6. The molecule has 0 aliphatic heterocycles. The minimum atomic E-state index is 0.743. The minimum absolute atomic E-state index is 0.743. The zero-order chi connectivity index (χ0) is 20.1. The second-order valence-corrected chi connectivity index (χ2v) is 6.76. The van der Waals surface area contributed by atoms with E-state index >= 15 is 0 Å². The molecule has 0 saturated carbocycles. The van der Waals surface area contributed by atoms with Gasteiger partial charge in [-0.2, -0.15) is 5.10 Å². The Hall–Kier alpha value is -3.06. The van der Waals surface area contributed by atoms with E-state index in [4.69, 9.17) is 19.3 Å². The molecule has 0 fully saturated rings. The van der Waals surface area contributed by atoms with E-state index in [2.05, 4.69) is 4.99 Å². The molecule has 0 radical (unpaired) electrons. The average molecular weight is 398 g/mol. The molecule has 1 aromatic heterocycles. The van der Waals surface area contributed by atoms with Crippen LogP contribution in [0.25, 0.3) is 11.3 Å². The van der Waals surface area contributed by atoms with Gasteiger partial charge >= 0.3 is 0 Å². The van der Waals surface area contributed by atoms with Crippen LogP contribution >= 0.6 is 11.3 Å². The molecule has 146 valence electrons. The molecule has 0 amide bonds. The van der Waals surface area contributed by atoms with Gasteiger partial charge in [0.1, 0.15) is 17.2 Å². The number of nitrogens with zero attached hydrogens (tertiary/aromatic N) is 3. The van der Waals surface area contributed by atoms with Crippen molar-refractivity contribution in [1.82, 2.24) is 4.68 Å². The van der Waals surface area contributed by atoms with Crippen LogP contribution in [-0.4, -0.2) is 38.8 Å². The number of ether oxygens (including phenoxy) is 3. The summed E-state index contributed by atoms with van der Waals surface area (Å²) in [5.41, 5.74) is 3.64. The van der Waals surface area contributed by atoms with Crippen molar-refractivity contribution in [2.45, 2.75) is 6.92 Å². The summed E-state index contributed by atoms with van der Waals surface area (Å²) >= 11 is 1.52. The number of hydrogen-bond donors (Lipinski definition) is 0. The number of aromatic nitrogens is 1. The molecule has 0 aliphatic carbocycles. The van der Waals surface area contributed by atoms with Crippen molar-refractivity contribution in [1.29, 1.82) is 0 Å². The summed E-state index contributed by atoms with van der Waals surface area (Å²) in [4.78, 5) is 5.16. The van der Waals surface area contributed by atoms with Gasteiger partial charge < -0.3 is 14.2 Å². The highest BCUT2D eigenvalue weighted by Gasteiger charge is 2.14. The predicted octanol–water partition coefficient (Wildman–Crippen LogP) is 4.05. The largest absolute Gasteiger partial charge is 0.497 e. The second-order valence-electron chi connectivity index (χ2n) is 5.92. The highest BCUT2D eigenvalue weighted by atomic mass is 32.1. The molecule has 0 atom stereocenters. The van der Waals surface area contributed by atoms with Gasteiger partial charge in [-0.15, -0.1) is 11.3 Å². The van der Waals surface area contributed by atoms with Gasteiger partial charge in [0.25, 0.3) is 0 Å². The monoisotopic (exact) mass is 397 g/mol. The zero-order valence-corrected chi connectivity index (χ0v) is 17.4. The van der Waals surface area contributed by atoms with Crippen molar-refractivity contribution in [2.24, 2.45) is 10.1 Å². The van der Waals surface area contributed by atoms with Crippen LogP contribution in [0.2, 0.25) is 0 Å². The smallest absolute Gasteiger partial charge is 0.205 e. The van der Waals surface area contributed by atoms with Gasteiger partial charge in [-0.25, -0.2) is 4.68 Å². The molecule has 0 bridgehead atoms. The first kappa shape index (κ1) is 19.7. The first-order chi connectivity index (χ1) is 13.6. The molecule has 3 rings (SSSR count). The second kappa shape index (κ2) is 8.75. The van der Waals surface area contributed by atoms with E-state index < -0.39 is 0 Å². The molecule has 2 aromatic carbocycles. The fourth-order valence-corrected chi connectivity index (χ4v) is 3.58. The summed E-state index contributed by atoms with van der Waals surface area (Å²) in [5.74, 6) is 2.30. The van der Waals surface area contributed by atoms with Crippen LogP contribution in [-0.2, 0) is 0 Å². The van der Waals surface area contributed by atoms with Crippen molar-refractivity contribution < 1.29 is 14.2 Å². The third-order valence-corrected chi connectivity index (χ3v) is 5.22. The van der Waals surface area contributed by atoms with Crippen LogP contribution < -0.4 is 19.0 Å². The van der Waals surface area contributed by atoms with E-state index in [1.54, 1.807) is 28.4 Å². The van der Waals surface area contributed by atoms with Crippen LogP contribution in [0.5, 0.6) is 17.2 Å². The van der Waals surface area contributed by atoms with Gasteiger partial charge in [-0.3, -0.25) is 4.99 Å². The van der Waals surface area contributed by atoms with Gasteiger partial charge in [-0.1, -0.05) is 0 Å². The predicted molar refractivity (Wildman–Crippen MR) is 113 cm³/mol. The highest BCUT2D eigenvalue weighted by molar-refractivity contribution is 7.07. The summed E-state index contributed by atoms with van der Waals surface area (Å²) in [7, 11) is 6.71. The molecule has 28 heavy (non-hydrogen) atoms. The van der Waals surface area contributed by atoms with Gasteiger partial charge in [-0.05, 0) is 55.0 Å². The van der Waals surface area contributed by atoms with Crippen molar-refractivity contribution >= 4 is 17.0 Å². The Kier molecular flexibility index (Phi) is 6.16. The SMILES string of the molecule is CN=c1scc(-c2cc(OC)ccc2OC)n1N=C(C)c1ccc(OC)cc1. The summed E-state index contributed by atoms with van der Waals surface area (Å²) in [5, 5.41) is 6.85. The van der Waals surface area contributed by atoms with E-state index in [0.29, 0.717) is 0 Å². The fourth-order valence-electron chi connectivity index (χ4n) is 2.79. The van der Waals surface area contributed by atoms with Gasteiger partial charge in [0.15, 0.2) is 0 Å². The Morgan fingerprint density at radius 1 is 0.929 bits per heavy atom. The fraction of sp³-hybridized carbons (Fsp3) is 0.238. The van der Waals surface area contributed by atoms with E-state index in [0.717, 1.165) is 44.6 Å². The number of thiazole rings is 1. The lowest BCUT2D eigenvalue weighted by molar-refractivity contribution is 0.404. The van der Waals surface area contributed by atoms with Gasteiger partial charge in [0.05, 0.1) is 32.7 Å². The van der Waals surface area contributed by atoms with Gasteiger partial charge in [0, 0.05) is 18.0 Å². The summed E-state index contributed by atoms with van der Waals surface area (Å²) in [6.45, 7) is 1.97. The Morgan fingerprint density at radius 3 is 2.21 bits per heavy atom. The highest BCUT2D eigenvalue weighted by Crippen LogP contribution is 2.33. The lowest BCUT2D eigenvalue weighted by Gasteiger charge is -2.11. The Morgan fingerprint density at radius 2 is 1.61 bits per heavy atom. The number of benzene rings is 2. The maximum Gasteiger partial charge on any atom is 0.205 e. The molecular formula is C21H23N3O3S. The quantitative estimate of drug-likeness (QED) is 0.590. The standard InChI is InChI=1S/C21H23N3O3S/c1-14(15-6-8-16(25-3)9-7-15)23-24-19(13-28-21(24)22-2)18-12-17(26-4)10-11-20(18)27-5/h6-13H,1-5H3. The summed E-state index contributed by atoms with van der Waals surface area (Å²) in [6.07, 6.45) is 0. The van der Waals surface area contributed by atoms with Crippen molar-refractivity contribution in [3.8, 4) is 28.5 Å². The molecule has 1 heterocycles. The molecule has 3 aromatic rings. The van der Waals surface area contributed by atoms with E-state index in [9.17, 15) is 0 Å². The third kappa shape index (κ3) is 3.94. The van der Waals surface area contributed by atoms with Crippen LogP contribution in [0.3, 0.4) is 0 Å². The lowest BCUT2D eigenvalue weighted by atomic mass is 10.1. The topological polar surface area (TPSA) is 57.3 Å². The Labute approximate surface area is 168 Å². The zero-order valence-electron chi connectivity index (χ0n) is 16.6. The molecule has 0 spiro atoms. The van der Waals surface area contributed by atoms with Crippen molar-refractivity contribution in [2.75, 3.05) is 28.4 Å². The average Bonchev–Trinajstić information content (AvgIpc) is 3.15. The molecule has 0 N–H and O–H groups in total. The first-order valence-electron chi connectivity index (χ1n) is 8.67. The van der Waals surface area contributed by atoms with Crippen molar-refractivity contribution in [3.63, 3.8) is 0 Å². The summed E-state index contributed by atoms with van der Waals surface area (Å²) in [6, 6.07) is 13.5. The minimum Gasteiger partial charge on any atom is -0.497 e. The van der Waals surface area contributed by atoms with E-state index in [-0.39, 0.29) is 0 Å². The molecule has 7 heteroatoms. The van der Waals surface area contributed by atoms with Crippen LogP contribution in [0, 0.1) is 0 Å². The number of methoxy groups -OCH3 is 3. The summed E-state index contributed by atoms with van der Waals surface area (Å²) < 4.78 is 18.0. The van der Waals surface area contributed by atoms with Crippen molar-refractivity contribution in [3.05, 3.63) is 58.2 Å². The molecule has 6 nitrogen and oxygen atoms in total. The maximum absolute atomic E-state index is 5.56. The Bertz CT molecular complexity index is 1050. The van der Waals surface area contributed by atoms with Crippen LogP contribution in [0.15, 0.2) is 57.9 Å². The van der Waals surface area contributed by atoms with Crippen LogP contribution in [0.4, 0.5) is 0 Å². The van der Waals surface area contributed by atoms with Crippen LogP contribution in [0.1, 0.15) is 12.5 Å². The lowest BCUT2D eigenvalue weighted by Crippen LogP contribution is -2.14. The Balaban J connectivity index is 2.14. The molecular weight excluding hydrogens is 374 g/mol. The van der Waals surface area contributed by atoms with E-state index in [1.807, 2.05) is 59.4 Å². The first-order valence-corrected chi connectivity index (χ1v) is 9.55. The normalized spacial score (nSPS) is 12.2. The molecule has 0 aliphatic rings. The molecule has 0 unspecified atom stereocenters. The third-order valence-electron chi connectivity index (χ3n) is 4.32. The molecule has 0 saturated heterocycles. The number of rotatable bonds is 6. The van der Waals surface area contributed by atoms with E-state index in [1.165, 1.54) is 11.3 Å².